The average Bonchev–Trinajstić information content (AvgIpc) is 2.97. The van der Waals surface area contributed by atoms with Crippen molar-refractivity contribution in [2.45, 2.75) is 13.5 Å². The molecule has 0 saturated carbocycles. The molecule has 8 nitrogen and oxygen atoms in total. The number of anilines is 2. The Labute approximate surface area is 143 Å². The summed E-state index contributed by atoms with van der Waals surface area (Å²) in [6.07, 6.45) is 3.28. The van der Waals surface area contributed by atoms with Crippen LogP contribution in [0.2, 0.25) is 5.02 Å². The van der Waals surface area contributed by atoms with Gasteiger partial charge < -0.3 is 10.6 Å². The van der Waals surface area contributed by atoms with Crippen LogP contribution in [0.25, 0.3) is 10.9 Å². The Hall–Kier alpha value is -2.87. The second-order valence-corrected chi connectivity index (χ2v) is 5.36. The number of amides is 2. The summed E-state index contributed by atoms with van der Waals surface area (Å²) in [5, 5.41) is 16.9. The summed E-state index contributed by atoms with van der Waals surface area (Å²) in [4.78, 5) is 20.3. The number of fused-ring (bicyclic) bond motifs is 1. The number of nitrogens with one attached hydrogen (secondary N) is 4. The van der Waals surface area contributed by atoms with Crippen molar-refractivity contribution in [1.82, 2.24) is 25.5 Å². The zero-order valence-electron chi connectivity index (χ0n) is 12.9. The van der Waals surface area contributed by atoms with E-state index in [1.165, 1.54) is 0 Å². The van der Waals surface area contributed by atoms with Crippen molar-refractivity contribution in [3.8, 4) is 0 Å². The van der Waals surface area contributed by atoms with Crippen molar-refractivity contribution in [2.75, 3.05) is 17.2 Å². The van der Waals surface area contributed by atoms with Crippen molar-refractivity contribution in [1.29, 1.82) is 0 Å². The summed E-state index contributed by atoms with van der Waals surface area (Å²) in [7, 11) is 0. The fraction of sp³-hybridized carbons (Fsp3) is 0.200. The quantitative estimate of drug-likeness (QED) is 0.568. The Morgan fingerprint density at radius 3 is 3.04 bits per heavy atom. The molecule has 0 fully saturated rings. The first kappa shape index (κ1) is 16.0. The SMILES string of the molecule is CCNc1n[nH]c2cc(NC(=O)NCc3ncccc3Cl)ncc12. The Morgan fingerprint density at radius 1 is 1.38 bits per heavy atom. The lowest BCUT2D eigenvalue weighted by Gasteiger charge is -2.07. The monoisotopic (exact) mass is 345 g/mol. The normalized spacial score (nSPS) is 10.6. The highest BCUT2D eigenvalue weighted by molar-refractivity contribution is 6.31. The van der Waals surface area contributed by atoms with E-state index < -0.39 is 6.03 Å². The van der Waals surface area contributed by atoms with Crippen LogP contribution in [0.1, 0.15) is 12.6 Å². The molecular weight excluding hydrogens is 330 g/mol. The highest BCUT2D eigenvalue weighted by atomic mass is 35.5. The lowest BCUT2D eigenvalue weighted by molar-refractivity contribution is 0.251. The van der Waals surface area contributed by atoms with Crippen molar-refractivity contribution in [2.24, 2.45) is 0 Å². The predicted octanol–water partition coefficient (Wildman–Crippen LogP) is 2.76. The molecule has 3 heterocycles. The molecule has 9 heteroatoms. The molecule has 0 bridgehead atoms. The molecule has 0 unspecified atom stereocenters. The average molecular weight is 346 g/mol. The van der Waals surface area contributed by atoms with Gasteiger partial charge in [0.1, 0.15) is 5.82 Å². The molecule has 0 radical (unpaired) electrons. The molecule has 124 valence electrons. The van der Waals surface area contributed by atoms with Crippen LogP contribution in [-0.2, 0) is 6.54 Å². The minimum atomic E-state index is -0.394. The van der Waals surface area contributed by atoms with Crippen molar-refractivity contribution < 1.29 is 4.79 Å². The summed E-state index contributed by atoms with van der Waals surface area (Å²) in [5.74, 6) is 1.15. The van der Waals surface area contributed by atoms with Gasteiger partial charge in [0.25, 0.3) is 0 Å². The molecule has 4 N–H and O–H groups in total. The van der Waals surface area contributed by atoms with Gasteiger partial charge in [-0.1, -0.05) is 11.6 Å². The van der Waals surface area contributed by atoms with Crippen LogP contribution in [0.5, 0.6) is 0 Å². The third-order valence-electron chi connectivity index (χ3n) is 3.28. The van der Waals surface area contributed by atoms with Gasteiger partial charge in [0.2, 0.25) is 0 Å². The van der Waals surface area contributed by atoms with Gasteiger partial charge >= 0.3 is 6.03 Å². The number of H-pyrrole nitrogens is 1. The van der Waals surface area contributed by atoms with Gasteiger partial charge in [-0.25, -0.2) is 9.78 Å². The lowest BCUT2D eigenvalue weighted by Crippen LogP contribution is -2.29. The van der Waals surface area contributed by atoms with E-state index in [2.05, 4.69) is 36.1 Å². The van der Waals surface area contributed by atoms with Crippen LogP contribution in [0, 0.1) is 0 Å². The van der Waals surface area contributed by atoms with Crippen LogP contribution in [-0.4, -0.2) is 32.7 Å². The second-order valence-electron chi connectivity index (χ2n) is 4.96. The lowest BCUT2D eigenvalue weighted by atomic mass is 10.3. The molecule has 0 aromatic carbocycles. The van der Waals surface area contributed by atoms with Gasteiger partial charge in [-0.3, -0.25) is 15.4 Å². The minimum absolute atomic E-state index is 0.225. The molecule has 3 aromatic heterocycles. The van der Waals surface area contributed by atoms with Gasteiger partial charge in [0.15, 0.2) is 5.82 Å². The third-order valence-corrected chi connectivity index (χ3v) is 3.63. The first-order valence-corrected chi connectivity index (χ1v) is 7.77. The number of hydrogen-bond donors (Lipinski definition) is 4. The Bertz CT molecular complexity index is 864. The van der Waals surface area contributed by atoms with Gasteiger partial charge in [-0.15, -0.1) is 0 Å². The largest absolute Gasteiger partial charge is 0.368 e. The summed E-state index contributed by atoms with van der Waals surface area (Å²) in [6, 6.07) is 4.78. The minimum Gasteiger partial charge on any atom is -0.368 e. The van der Waals surface area contributed by atoms with Gasteiger partial charge in [0, 0.05) is 25.0 Å². The highest BCUT2D eigenvalue weighted by Gasteiger charge is 2.09. The van der Waals surface area contributed by atoms with Crippen LogP contribution >= 0.6 is 11.6 Å². The van der Waals surface area contributed by atoms with E-state index in [0.717, 1.165) is 23.3 Å². The Balaban J connectivity index is 1.64. The summed E-state index contributed by atoms with van der Waals surface area (Å²) in [6.45, 7) is 2.98. The van der Waals surface area contributed by atoms with Crippen molar-refractivity contribution in [3.05, 3.63) is 41.3 Å². The van der Waals surface area contributed by atoms with Gasteiger partial charge in [-0.05, 0) is 19.1 Å². The maximum atomic E-state index is 12.0. The fourth-order valence-corrected chi connectivity index (χ4v) is 2.34. The van der Waals surface area contributed by atoms with Crippen molar-refractivity contribution in [3.63, 3.8) is 0 Å². The van der Waals surface area contributed by atoms with E-state index in [1.54, 1.807) is 30.6 Å². The van der Waals surface area contributed by atoms with Crippen molar-refractivity contribution >= 4 is 40.2 Å². The zero-order chi connectivity index (χ0) is 16.9. The fourth-order valence-electron chi connectivity index (χ4n) is 2.16. The number of carbonyl (C=O) groups is 1. The highest BCUT2D eigenvalue weighted by Crippen LogP contribution is 2.21. The zero-order valence-corrected chi connectivity index (χ0v) is 13.7. The number of hydrogen-bond acceptors (Lipinski definition) is 5. The topological polar surface area (TPSA) is 108 Å². The number of aromatic amines is 1. The first-order chi connectivity index (χ1) is 11.7. The molecule has 0 aliphatic rings. The van der Waals surface area contributed by atoms with Crippen LogP contribution in [0.15, 0.2) is 30.6 Å². The van der Waals surface area contributed by atoms with E-state index in [1.807, 2.05) is 6.92 Å². The van der Waals surface area contributed by atoms with E-state index in [-0.39, 0.29) is 6.54 Å². The maximum absolute atomic E-state index is 12.0. The Kier molecular flexibility index (Phi) is 4.76. The number of carbonyl (C=O) groups excluding carboxylic acids is 1. The van der Waals surface area contributed by atoms with E-state index in [0.29, 0.717) is 16.5 Å². The molecular formula is C15H16ClN7O. The first-order valence-electron chi connectivity index (χ1n) is 7.39. The molecule has 3 rings (SSSR count). The molecule has 0 aliphatic carbocycles. The van der Waals surface area contributed by atoms with E-state index in [9.17, 15) is 4.79 Å². The smallest absolute Gasteiger partial charge is 0.320 e. The molecule has 0 saturated heterocycles. The van der Waals surface area contributed by atoms with Crippen LogP contribution < -0.4 is 16.0 Å². The predicted molar refractivity (Wildman–Crippen MR) is 93.2 cm³/mol. The Morgan fingerprint density at radius 2 is 2.25 bits per heavy atom. The van der Waals surface area contributed by atoms with Gasteiger partial charge in [0.05, 0.1) is 28.2 Å². The molecule has 0 aliphatic heterocycles. The number of rotatable bonds is 5. The summed E-state index contributed by atoms with van der Waals surface area (Å²) in [5.41, 5.74) is 1.38. The molecule has 2 amide bonds. The number of halogens is 1. The van der Waals surface area contributed by atoms with E-state index >= 15 is 0 Å². The van der Waals surface area contributed by atoms with Crippen LogP contribution in [0.3, 0.4) is 0 Å². The molecule has 24 heavy (non-hydrogen) atoms. The van der Waals surface area contributed by atoms with Gasteiger partial charge in [-0.2, -0.15) is 5.10 Å². The number of nitrogens with zero attached hydrogens (tertiary/aromatic N) is 3. The summed E-state index contributed by atoms with van der Waals surface area (Å²) < 4.78 is 0. The number of aromatic nitrogens is 4. The number of urea groups is 1. The summed E-state index contributed by atoms with van der Waals surface area (Å²) >= 11 is 6.00. The van der Waals surface area contributed by atoms with E-state index in [4.69, 9.17) is 11.6 Å². The molecule has 0 spiro atoms. The molecule has 3 aromatic rings. The second kappa shape index (κ2) is 7.14. The maximum Gasteiger partial charge on any atom is 0.320 e. The van der Waals surface area contributed by atoms with Crippen LogP contribution in [0.4, 0.5) is 16.4 Å². The molecule has 0 atom stereocenters. The third kappa shape index (κ3) is 3.54. The number of pyridine rings is 2. The standard InChI is InChI=1S/C15H16ClN7O/c1-2-17-14-9-7-19-13(6-11(9)22-23-14)21-15(24)20-8-12-10(16)4-3-5-18-12/h3-7H,2,8H2,1H3,(H2,17,22,23)(H2,19,20,21,24).